The van der Waals surface area contributed by atoms with Crippen molar-refractivity contribution in [1.29, 1.82) is 0 Å². The first kappa shape index (κ1) is 13.8. The van der Waals surface area contributed by atoms with Crippen molar-refractivity contribution in [2.24, 2.45) is 0 Å². The Morgan fingerprint density at radius 3 is 2.65 bits per heavy atom. The summed E-state index contributed by atoms with van der Waals surface area (Å²) in [6.45, 7) is 5.26. The second kappa shape index (κ2) is 6.45. The summed E-state index contributed by atoms with van der Waals surface area (Å²) < 4.78 is 13.0. The minimum absolute atomic E-state index is 0.0321. The first-order chi connectivity index (χ1) is 8.08. The van der Waals surface area contributed by atoms with Gasteiger partial charge in [-0.15, -0.1) is 0 Å². The third-order valence-electron chi connectivity index (χ3n) is 2.47. The summed E-state index contributed by atoms with van der Waals surface area (Å²) in [5.74, 6) is -0.414. The molecule has 5 heteroatoms. The van der Waals surface area contributed by atoms with Crippen LogP contribution in [0, 0.1) is 5.82 Å². The summed E-state index contributed by atoms with van der Waals surface area (Å²) in [6.07, 6.45) is 0. The van der Waals surface area contributed by atoms with Crippen LogP contribution in [0.4, 0.5) is 10.1 Å². The molecular formula is C12H16ClFN2O. The monoisotopic (exact) mass is 258 g/mol. The van der Waals surface area contributed by atoms with Gasteiger partial charge in [-0.2, -0.15) is 0 Å². The second-order valence-electron chi connectivity index (χ2n) is 3.54. The van der Waals surface area contributed by atoms with Crippen LogP contribution in [0.2, 0.25) is 5.02 Å². The zero-order chi connectivity index (χ0) is 12.8. The molecule has 94 valence electrons. The Kier molecular flexibility index (Phi) is 5.22. The summed E-state index contributed by atoms with van der Waals surface area (Å²) in [6, 6.07) is 4.01. The van der Waals surface area contributed by atoms with E-state index < -0.39 is 0 Å². The number of hydrogen-bond donors (Lipinski definition) is 1. The van der Waals surface area contributed by atoms with Gasteiger partial charge in [-0.05, 0) is 32.0 Å². The highest BCUT2D eigenvalue weighted by Gasteiger charge is 2.10. The molecule has 1 amide bonds. The van der Waals surface area contributed by atoms with Gasteiger partial charge in [0.15, 0.2) is 0 Å². The number of carbonyl (C=O) groups excluding carboxylic acids is 1. The van der Waals surface area contributed by atoms with Crippen molar-refractivity contribution < 1.29 is 9.18 Å². The number of benzene rings is 1. The Hall–Kier alpha value is -1.29. The fraction of sp³-hybridized carbons (Fsp3) is 0.417. The molecule has 0 saturated heterocycles. The first-order valence-electron chi connectivity index (χ1n) is 5.55. The molecule has 0 spiro atoms. The van der Waals surface area contributed by atoms with Gasteiger partial charge >= 0.3 is 0 Å². The lowest BCUT2D eigenvalue weighted by atomic mass is 10.3. The minimum atomic E-state index is -0.382. The number of amides is 1. The van der Waals surface area contributed by atoms with Gasteiger partial charge < -0.3 is 10.2 Å². The van der Waals surface area contributed by atoms with E-state index in [1.807, 2.05) is 13.8 Å². The van der Waals surface area contributed by atoms with Gasteiger partial charge in [-0.25, -0.2) is 4.39 Å². The molecule has 0 fully saturated rings. The zero-order valence-corrected chi connectivity index (χ0v) is 10.7. The van der Waals surface area contributed by atoms with E-state index in [4.69, 9.17) is 11.6 Å². The molecule has 0 aromatic heterocycles. The van der Waals surface area contributed by atoms with E-state index >= 15 is 0 Å². The minimum Gasteiger partial charge on any atom is -0.375 e. The predicted octanol–water partition coefficient (Wildman–Crippen LogP) is 2.76. The van der Waals surface area contributed by atoms with Crippen LogP contribution < -0.4 is 5.32 Å². The van der Waals surface area contributed by atoms with Gasteiger partial charge in [0.2, 0.25) is 5.91 Å². The number of hydrogen-bond acceptors (Lipinski definition) is 2. The Bertz CT molecular complexity index is 394. The van der Waals surface area contributed by atoms with E-state index in [0.29, 0.717) is 23.8 Å². The van der Waals surface area contributed by atoms with Gasteiger partial charge in [-0.1, -0.05) is 11.6 Å². The van der Waals surface area contributed by atoms with Crippen molar-refractivity contribution in [3.63, 3.8) is 0 Å². The average molecular weight is 259 g/mol. The van der Waals surface area contributed by atoms with Crippen LogP contribution in [0.1, 0.15) is 13.8 Å². The summed E-state index contributed by atoms with van der Waals surface area (Å²) in [5.41, 5.74) is 0.437. The lowest BCUT2D eigenvalue weighted by Crippen LogP contribution is -2.35. The Morgan fingerprint density at radius 2 is 2.06 bits per heavy atom. The van der Waals surface area contributed by atoms with Crippen LogP contribution in [0.25, 0.3) is 0 Å². The van der Waals surface area contributed by atoms with Crippen molar-refractivity contribution in [3.05, 3.63) is 29.0 Å². The summed E-state index contributed by atoms with van der Waals surface area (Å²) >= 11 is 5.87. The smallest absolute Gasteiger partial charge is 0.241 e. The molecule has 3 nitrogen and oxygen atoms in total. The van der Waals surface area contributed by atoms with Crippen molar-refractivity contribution in [2.75, 3.05) is 25.0 Å². The number of nitrogens with one attached hydrogen (secondary N) is 1. The summed E-state index contributed by atoms with van der Waals surface area (Å²) in [5, 5.41) is 3.24. The molecule has 0 heterocycles. The fourth-order valence-corrected chi connectivity index (χ4v) is 1.68. The van der Waals surface area contributed by atoms with Crippen molar-refractivity contribution in [1.82, 2.24) is 4.90 Å². The zero-order valence-electron chi connectivity index (χ0n) is 9.96. The number of nitrogens with zero attached hydrogens (tertiary/aromatic N) is 1. The molecule has 0 aliphatic carbocycles. The molecule has 1 rings (SSSR count). The van der Waals surface area contributed by atoms with Crippen LogP contribution in [-0.2, 0) is 4.79 Å². The maximum absolute atomic E-state index is 13.0. The summed E-state index contributed by atoms with van der Waals surface area (Å²) in [4.78, 5) is 13.4. The standard InChI is InChI=1S/C12H16ClFN2O/c1-3-16(4-2)12(17)8-15-11-7-9(14)5-6-10(11)13/h5-7,15H,3-4,8H2,1-2H3. The largest absolute Gasteiger partial charge is 0.375 e. The summed E-state index contributed by atoms with van der Waals surface area (Å²) in [7, 11) is 0. The second-order valence-corrected chi connectivity index (χ2v) is 3.95. The normalized spacial score (nSPS) is 10.1. The molecule has 0 saturated carbocycles. The number of likely N-dealkylation sites (N-methyl/N-ethyl adjacent to an activating group) is 1. The van der Waals surface area contributed by atoms with Crippen LogP contribution in [0.15, 0.2) is 18.2 Å². The number of carbonyl (C=O) groups is 1. The van der Waals surface area contributed by atoms with Crippen molar-refractivity contribution in [2.45, 2.75) is 13.8 Å². The molecule has 0 atom stereocenters. The average Bonchev–Trinajstić information content (AvgIpc) is 2.32. The topological polar surface area (TPSA) is 32.3 Å². The molecule has 17 heavy (non-hydrogen) atoms. The molecule has 1 aromatic rings. The molecule has 0 unspecified atom stereocenters. The van der Waals surface area contributed by atoms with E-state index in [-0.39, 0.29) is 18.3 Å². The van der Waals surface area contributed by atoms with E-state index in [9.17, 15) is 9.18 Å². The maximum Gasteiger partial charge on any atom is 0.241 e. The highest BCUT2D eigenvalue weighted by molar-refractivity contribution is 6.33. The Labute approximate surface area is 106 Å². The molecule has 0 bridgehead atoms. The molecule has 0 aliphatic rings. The quantitative estimate of drug-likeness (QED) is 0.881. The van der Waals surface area contributed by atoms with Crippen molar-refractivity contribution >= 4 is 23.2 Å². The van der Waals surface area contributed by atoms with Crippen molar-refractivity contribution in [3.8, 4) is 0 Å². The highest BCUT2D eigenvalue weighted by atomic mass is 35.5. The fourth-order valence-electron chi connectivity index (χ4n) is 1.49. The van der Waals surface area contributed by atoms with Crippen LogP contribution >= 0.6 is 11.6 Å². The molecule has 0 aliphatic heterocycles. The number of halogens is 2. The van der Waals surface area contributed by atoms with E-state index in [0.717, 1.165) is 0 Å². The maximum atomic E-state index is 13.0. The number of anilines is 1. The molecule has 1 aromatic carbocycles. The molecule has 0 radical (unpaired) electrons. The van der Waals surface area contributed by atoms with Gasteiger partial charge in [0.05, 0.1) is 17.3 Å². The van der Waals surface area contributed by atoms with Gasteiger partial charge in [-0.3, -0.25) is 4.79 Å². The lowest BCUT2D eigenvalue weighted by Gasteiger charge is -2.19. The number of rotatable bonds is 5. The predicted molar refractivity (Wildman–Crippen MR) is 67.8 cm³/mol. The first-order valence-corrected chi connectivity index (χ1v) is 5.93. The van der Waals surface area contributed by atoms with Gasteiger partial charge in [0.1, 0.15) is 5.82 Å². The lowest BCUT2D eigenvalue weighted by molar-refractivity contribution is -0.128. The third kappa shape index (κ3) is 3.89. The van der Waals surface area contributed by atoms with Crippen LogP contribution in [0.5, 0.6) is 0 Å². The van der Waals surface area contributed by atoms with Crippen LogP contribution in [-0.4, -0.2) is 30.4 Å². The van der Waals surface area contributed by atoms with E-state index in [1.165, 1.54) is 18.2 Å². The van der Waals surface area contributed by atoms with Crippen LogP contribution in [0.3, 0.4) is 0 Å². The SMILES string of the molecule is CCN(CC)C(=O)CNc1cc(F)ccc1Cl. The van der Waals surface area contributed by atoms with E-state index in [2.05, 4.69) is 5.32 Å². The Balaban J connectivity index is 2.61. The van der Waals surface area contributed by atoms with Gasteiger partial charge in [0, 0.05) is 13.1 Å². The molecular weight excluding hydrogens is 243 g/mol. The van der Waals surface area contributed by atoms with Gasteiger partial charge in [0.25, 0.3) is 0 Å². The Morgan fingerprint density at radius 1 is 1.41 bits per heavy atom. The molecule has 1 N–H and O–H groups in total. The third-order valence-corrected chi connectivity index (χ3v) is 2.80. The highest BCUT2D eigenvalue weighted by Crippen LogP contribution is 2.22. The van der Waals surface area contributed by atoms with E-state index in [1.54, 1.807) is 4.90 Å².